The smallest absolute Gasteiger partial charge is 0.339 e. The standard InChI is InChI=1S/C9H11NO2.C7H6O4/c10-8(9(11)12)6-7-4-2-1-3-5-7;8-7(9)5-3-1-2-4-6(5)11-10/h1-5,8H,6,10H2,(H,11,12);1-4,10H,(H,8,9). The van der Waals surface area contributed by atoms with Gasteiger partial charge in [-0.3, -0.25) is 4.79 Å². The van der Waals surface area contributed by atoms with Crippen LogP contribution in [0.5, 0.6) is 5.75 Å². The lowest BCUT2D eigenvalue weighted by Crippen LogP contribution is -2.32. The molecule has 0 spiro atoms. The fourth-order valence-corrected chi connectivity index (χ4v) is 1.68. The first-order valence-corrected chi connectivity index (χ1v) is 6.61. The maximum Gasteiger partial charge on any atom is 0.339 e. The molecule has 5 N–H and O–H groups in total. The Kier molecular flexibility index (Phi) is 7.25. The minimum atomic E-state index is -1.13. The van der Waals surface area contributed by atoms with Crippen molar-refractivity contribution in [3.05, 3.63) is 65.7 Å². The average molecular weight is 319 g/mol. The lowest BCUT2D eigenvalue weighted by molar-refractivity contribution is -0.138. The number of carboxylic acids is 2. The number of carbonyl (C=O) groups is 2. The maximum atomic E-state index is 10.4. The zero-order valence-corrected chi connectivity index (χ0v) is 12.1. The van der Waals surface area contributed by atoms with Crippen molar-refractivity contribution in [3.63, 3.8) is 0 Å². The van der Waals surface area contributed by atoms with Gasteiger partial charge in [-0.25, -0.2) is 10.1 Å². The number of rotatable bonds is 5. The van der Waals surface area contributed by atoms with Crippen molar-refractivity contribution in [1.29, 1.82) is 0 Å². The molecule has 122 valence electrons. The first kappa shape index (κ1) is 18.1. The van der Waals surface area contributed by atoms with Gasteiger partial charge in [-0.15, -0.1) is 0 Å². The molecule has 2 rings (SSSR count). The van der Waals surface area contributed by atoms with Crippen LogP contribution < -0.4 is 10.6 Å². The molecule has 0 saturated heterocycles. The molecule has 0 aliphatic carbocycles. The second kappa shape index (κ2) is 9.19. The lowest BCUT2D eigenvalue weighted by atomic mass is 10.1. The number of benzene rings is 2. The quantitative estimate of drug-likeness (QED) is 0.489. The first-order valence-electron chi connectivity index (χ1n) is 6.61. The van der Waals surface area contributed by atoms with Crippen LogP contribution >= 0.6 is 0 Å². The van der Waals surface area contributed by atoms with Gasteiger partial charge >= 0.3 is 11.9 Å². The van der Waals surface area contributed by atoms with Crippen molar-refractivity contribution >= 4 is 11.9 Å². The molecular weight excluding hydrogens is 302 g/mol. The molecule has 0 fully saturated rings. The largest absolute Gasteiger partial charge is 0.480 e. The molecule has 0 aliphatic heterocycles. The molecule has 0 aromatic heterocycles. The van der Waals surface area contributed by atoms with Crippen molar-refractivity contribution < 1.29 is 29.9 Å². The number of nitrogens with two attached hydrogens (primary N) is 1. The molecule has 0 amide bonds. The Morgan fingerprint density at radius 1 is 1.00 bits per heavy atom. The Labute approximate surface area is 132 Å². The van der Waals surface area contributed by atoms with Crippen LogP contribution in [0.25, 0.3) is 0 Å². The summed E-state index contributed by atoms with van der Waals surface area (Å²) in [6, 6.07) is 14.4. The Morgan fingerprint density at radius 3 is 2.04 bits per heavy atom. The van der Waals surface area contributed by atoms with Crippen LogP contribution in [0.15, 0.2) is 54.6 Å². The molecule has 2 aromatic rings. The van der Waals surface area contributed by atoms with E-state index in [2.05, 4.69) is 4.89 Å². The van der Waals surface area contributed by atoms with Crippen LogP contribution in [-0.4, -0.2) is 33.5 Å². The Bertz CT molecular complexity index is 644. The van der Waals surface area contributed by atoms with Crippen molar-refractivity contribution in [2.45, 2.75) is 12.5 Å². The van der Waals surface area contributed by atoms with Gasteiger partial charge in [-0.1, -0.05) is 42.5 Å². The van der Waals surface area contributed by atoms with E-state index in [4.69, 9.17) is 21.2 Å². The Balaban J connectivity index is 0.000000231. The van der Waals surface area contributed by atoms with Gasteiger partial charge in [0, 0.05) is 0 Å². The van der Waals surface area contributed by atoms with Crippen LogP contribution in [0.2, 0.25) is 0 Å². The number of aromatic carboxylic acids is 1. The van der Waals surface area contributed by atoms with Gasteiger partial charge in [0.15, 0.2) is 5.75 Å². The van der Waals surface area contributed by atoms with Crippen molar-refractivity contribution in [1.82, 2.24) is 0 Å². The van der Waals surface area contributed by atoms with E-state index < -0.39 is 18.0 Å². The zero-order chi connectivity index (χ0) is 17.2. The van der Waals surface area contributed by atoms with E-state index in [0.29, 0.717) is 6.42 Å². The molecule has 23 heavy (non-hydrogen) atoms. The molecule has 0 radical (unpaired) electrons. The minimum Gasteiger partial charge on any atom is -0.480 e. The van der Waals surface area contributed by atoms with Gasteiger partial charge < -0.3 is 20.8 Å². The fraction of sp³-hybridized carbons (Fsp3) is 0.125. The van der Waals surface area contributed by atoms with Crippen molar-refractivity contribution in [2.24, 2.45) is 5.73 Å². The van der Waals surface area contributed by atoms with E-state index in [9.17, 15) is 9.59 Å². The van der Waals surface area contributed by atoms with E-state index in [-0.39, 0.29) is 11.3 Å². The van der Waals surface area contributed by atoms with E-state index in [1.807, 2.05) is 30.3 Å². The normalized spacial score (nSPS) is 10.9. The van der Waals surface area contributed by atoms with Gasteiger partial charge in [-0.2, -0.15) is 0 Å². The summed E-state index contributed by atoms with van der Waals surface area (Å²) >= 11 is 0. The second-order valence-electron chi connectivity index (χ2n) is 4.53. The highest BCUT2D eigenvalue weighted by Crippen LogP contribution is 2.16. The van der Waals surface area contributed by atoms with Gasteiger partial charge in [0.05, 0.1) is 0 Å². The number of para-hydroxylation sites is 1. The molecule has 0 heterocycles. The van der Waals surface area contributed by atoms with Gasteiger partial charge in [0.2, 0.25) is 0 Å². The van der Waals surface area contributed by atoms with Crippen LogP contribution in [0, 0.1) is 0 Å². The van der Waals surface area contributed by atoms with Crippen LogP contribution in [0.4, 0.5) is 0 Å². The summed E-state index contributed by atoms with van der Waals surface area (Å²) in [6.45, 7) is 0. The average Bonchev–Trinajstić information content (AvgIpc) is 2.56. The SMILES string of the molecule is NC(Cc1ccccc1)C(=O)O.O=C(O)c1ccccc1OO. The number of hydrogen-bond donors (Lipinski definition) is 4. The maximum absolute atomic E-state index is 10.4. The monoisotopic (exact) mass is 319 g/mol. The third kappa shape index (κ3) is 6.16. The summed E-state index contributed by atoms with van der Waals surface area (Å²) in [6.07, 6.45) is 0.385. The molecule has 2 aromatic carbocycles. The summed E-state index contributed by atoms with van der Waals surface area (Å²) < 4.78 is 0. The van der Waals surface area contributed by atoms with E-state index in [0.717, 1.165) is 5.56 Å². The van der Waals surface area contributed by atoms with Crippen LogP contribution in [0.3, 0.4) is 0 Å². The Hall–Kier alpha value is -2.90. The molecule has 1 unspecified atom stereocenters. The predicted octanol–water partition coefficient (Wildman–Crippen LogP) is 1.88. The van der Waals surface area contributed by atoms with Gasteiger partial charge in [0.1, 0.15) is 11.6 Å². The van der Waals surface area contributed by atoms with Crippen LogP contribution in [-0.2, 0) is 11.2 Å². The molecule has 0 aliphatic rings. The Morgan fingerprint density at radius 2 is 1.57 bits per heavy atom. The summed E-state index contributed by atoms with van der Waals surface area (Å²) in [5, 5.41) is 25.2. The van der Waals surface area contributed by atoms with Crippen molar-refractivity contribution in [2.75, 3.05) is 0 Å². The molecule has 7 nitrogen and oxygen atoms in total. The first-order chi connectivity index (χ1) is 11.0. The van der Waals surface area contributed by atoms with E-state index >= 15 is 0 Å². The zero-order valence-electron chi connectivity index (χ0n) is 12.1. The van der Waals surface area contributed by atoms with Gasteiger partial charge in [0.25, 0.3) is 0 Å². The van der Waals surface area contributed by atoms with E-state index in [1.165, 1.54) is 12.1 Å². The summed E-state index contributed by atoms with van der Waals surface area (Å²) in [5.41, 5.74) is 6.24. The molecule has 0 bridgehead atoms. The molecule has 7 heteroatoms. The highest BCUT2D eigenvalue weighted by Gasteiger charge is 2.11. The summed E-state index contributed by atoms with van der Waals surface area (Å²) in [7, 11) is 0. The third-order valence-corrected chi connectivity index (χ3v) is 2.83. The number of hydrogen-bond acceptors (Lipinski definition) is 5. The summed E-state index contributed by atoms with van der Waals surface area (Å²) in [5.74, 6) is -2.14. The fourth-order valence-electron chi connectivity index (χ4n) is 1.68. The highest BCUT2D eigenvalue weighted by molar-refractivity contribution is 5.90. The highest BCUT2D eigenvalue weighted by atomic mass is 17.1. The minimum absolute atomic E-state index is 0.0556. The molecule has 0 saturated carbocycles. The lowest BCUT2D eigenvalue weighted by Gasteiger charge is -2.04. The second-order valence-corrected chi connectivity index (χ2v) is 4.53. The topological polar surface area (TPSA) is 130 Å². The van der Waals surface area contributed by atoms with Crippen molar-refractivity contribution in [3.8, 4) is 5.75 Å². The predicted molar refractivity (Wildman–Crippen MR) is 82.4 cm³/mol. The van der Waals surface area contributed by atoms with Gasteiger partial charge in [-0.05, 0) is 24.1 Å². The molecule has 1 atom stereocenters. The number of aliphatic carboxylic acids is 1. The van der Waals surface area contributed by atoms with Crippen LogP contribution in [0.1, 0.15) is 15.9 Å². The molecular formula is C16H17NO6. The third-order valence-electron chi connectivity index (χ3n) is 2.83. The van der Waals surface area contributed by atoms with E-state index in [1.54, 1.807) is 12.1 Å². The summed E-state index contributed by atoms with van der Waals surface area (Å²) in [4.78, 5) is 24.6. The number of carboxylic acid groups (broad SMARTS) is 2.